The maximum absolute atomic E-state index is 12.9. The Labute approximate surface area is 199 Å². The summed E-state index contributed by atoms with van der Waals surface area (Å²) in [5.41, 5.74) is 5.62. The Kier molecular flexibility index (Phi) is 10.0. The molecule has 2 aromatic carbocycles. The van der Waals surface area contributed by atoms with E-state index >= 15 is 0 Å². The predicted molar refractivity (Wildman–Crippen MR) is 127 cm³/mol. The number of hydrogen-bond acceptors (Lipinski definition) is 7. The molecule has 2 amide bonds. The number of nitro benzene ring substituents is 1. The summed E-state index contributed by atoms with van der Waals surface area (Å²) in [4.78, 5) is 36.1. The third kappa shape index (κ3) is 7.27. The highest BCUT2D eigenvalue weighted by Gasteiger charge is 2.24. The van der Waals surface area contributed by atoms with Crippen molar-refractivity contribution in [2.24, 2.45) is 5.73 Å². The molecule has 0 spiro atoms. The molecule has 0 aliphatic carbocycles. The van der Waals surface area contributed by atoms with E-state index in [9.17, 15) is 19.7 Å². The number of carbonyl (C=O) groups is 2. The van der Waals surface area contributed by atoms with Gasteiger partial charge in [0.15, 0.2) is 0 Å². The molecule has 0 unspecified atom stereocenters. The first-order chi connectivity index (χ1) is 15.3. The number of nitrogens with one attached hydrogen (secondary N) is 2. The van der Waals surface area contributed by atoms with Crippen LogP contribution in [0.5, 0.6) is 5.75 Å². The van der Waals surface area contributed by atoms with Gasteiger partial charge in [-0.1, -0.05) is 23.2 Å². The fourth-order valence-electron chi connectivity index (χ4n) is 2.65. The van der Waals surface area contributed by atoms with Crippen molar-refractivity contribution in [2.45, 2.75) is 12.5 Å². The van der Waals surface area contributed by atoms with Crippen LogP contribution in [-0.2, 0) is 4.79 Å². The maximum Gasteiger partial charge on any atom is 0.271 e. The molecule has 1 atom stereocenters. The maximum atomic E-state index is 12.9. The molecule has 0 bridgehead atoms. The van der Waals surface area contributed by atoms with Crippen molar-refractivity contribution < 1.29 is 19.2 Å². The van der Waals surface area contributed by atoms with Gasteiger partial charge in [-0.3, -0.25) is 19.7 Å². The number of ether oxygens (including phenoxy) is 1. The highest BCUT2D eigenvalue weighted by molar-refractivity contribution is 7.98. The lowest BCUT2D eigenvalue weighted by Gasteiger charge is -2.20. The lowest BCUT2D eigenvalue weighted by molar-refractivity contribution is -0.384. The van der Waals surface area contributed by atoms with E-state index in [-0.39, 0.29) is 35.1 Å². The lowest BCUT2D eigenvalue weighted by atomic mass is 10.1. The Hall–Kier alpha value is -2.53. The van der Waals surface area contributed by atoms with Crippen LogP contribution in [0.15, 0.2) is 36.4 Å². The quantitative estimate of drug-likeness (QED) is 0.315. The van der Waals surface area contributed by atoms with Gasteiger partial charge in [0.05, 0.1) is 21.2 Å². The molecule has 4 N–H and O–H groups in total. The smallest absolute Gasteiger partial charge is 0.271 e. The van der Waals surface area contributed by atoms with Gasteiger partial charge in [-0.25, -0.2) is 0 Å². The number of benzene rings is 2. The molecule has 32 heavy (non-hydrogen) atoms. The molecule has 9 nitrogen and oxygen atoms in total. The molecule has 0 heterocycles. The number of rotatable bonds is 11. The number of hydrogen-bond donors (Lipinski definition) is 3. The molecule has 12 heteroatoms. The van der Waals surface area contributed by atoms with Gasteiger partial charge in [0.2, 0.25) is 5.91 Å². The molecule has 2 aromatic rings. The zero-order chi connectivity index (χ0) is 23.7. The van der Waals surface area contributed by atoms with Gasteiger partial charge in [0, 0.05) is 23.7 Å². The average molecular weight is 501 g/mol. The van der Waals surface area contributed by atoms with Crippen LogP contribution in [0.1, 0.15) is 16.8 Å². The number of nitrogens with two attached hydrogens (primary N) is 1. The van der Waals surface area contributed by atoms with E-state index in [0.29, 0.717) is 22.9 Å². The summed E-state index contributed by atoms with van der Waals surface area (Å²) < 4.78 is 5.51. The normalized spacial score (nSPS) is 11.5. The standard InChI is InChI=1S/C20H22Cl2N4O5S/c1-32-9-6-17(20(28)24-16-4-3-13(26(29)30)11-15(16)22)25-19(27)14-10-12(21)2-5-18(14)31-8-7-23/h2-5,10-11,17H,6-9,23H2,1H3,(H,24,28)(H,25,27)/t17-/m0/s1. The zero-order valence-corrected chi connectivity index (χ0v) is 19.4. The second-order valence-electron chi connectivity index (χ2n) is 6.50. The molecular formula is C20H22Cl2N4O5S. The largest absolute Gasteiger partial charge is 0.491 e. The molecule has 2 rings (SSSR count). The van der Waals surface area contributed by atoms with Crippen LogP contribution in [0.4, 0.5) is 11.4 Å². The molecule has 0 saturated heterocycles. The van der Waals surface area contributed by atoms with Crippen molar-refractivity contribution in [3.8, 4) is 5.75 Å². The topological polar surface area (TPSA) is 137 Å². The predicted octanol–water partition coefficient (Wildman–Crippen LogP) is 3.73. The van der Waals surface area contributed by atoms with Gasteiger partial charge >= 0.3 is 0 Å². The fraction of sp³-hybridized carbons (Fsp3) is 0.300. The first-order valence-corrected chi connectivity index (χ1v) is 11.6. The highest BCUT2D eigenvalue weighted by atomic mass is 35.5. The van der Waals surface area contributed by atoms with Gasteiger partial charge in [-0.05, 0) is 42.7 Å². The van der Waals surface area contributed by atoms with E-state index < -0.39 is 22.8 Å². The average Bonchev–Trinajstić information content (AvgIpc) is 2.76. The van der Waals surface area contributed by atoms with Gasteiger partial charge in [0.1, 0.15) is 18.4 Å². The van der Waals surface area contributed by atoms with Crippen LogP contribution in [0, 0.1) is 10.1 Å². The van der Waals surface area contributed by atoms with Crippen molar-refractivity contribution in [1.82, 2.24) is 5.32 Å². The number of anilines is 1. The minimum absolute atomic E-state index is 0.00908. The Morgan fingerprint density at radius 1 is 1.25 bits per heavy atom. The number of non-ortho nitro benzene ring substituents is 1. The third-order valence-corrected chi connectivity index (χ3v) is 5.41. The molecule has 172 valence electrons. The fourth-order valence-corrected chi connectivity index (χ4v) is 3.52. The first-order valence-electron chi connectivity index (χ1n) is 9.43. The van der Waals surface area contributed by atoms with Gasteiger partial charge < -0.3 is 21.1 Å². The zero-order valence-electron chi connectivity index (χ0n) is 17.1. The van der Waals surface area contributed by atoms with Gasteiger partial charge in [-0.2, -0.15) is 11.8 Å². The summed E-state index contributed by atoms with van der Waals surface area (Å²) in [5.74, 6) is -0.178. The second-order valence-corrected chi connectivity index (χ2v) is 8.32. The van der Waals surface area contributed by atoms with Crippen molar-refractivity contribution in [2.75, 3.05) is 30.5 Å². The summed E-state index contributed by atoms with van der Waals surface area (Å²) in [7, 11) is 0. The van der Waals surface area contributed by atoms with Crippen molar-refractivity contribution in [1.29, 1.82) is 0 Å². The third-order valence-electron chi connectivity index (χ3n) is 4.22. The molecule has 0 aliphatic rings. The van der Waals surface area contributed by atoms with Crippen LogP contribution in [-0.4, -0.2) is 47.9 Å². The number of carbonyl (C=O) groups excluding carboxylic acids is 2. The van der Waals surface area contributed by atoms with E-state index in [2.05, 4.69) is 10.6 Å². The van der Waals surface area contributed by atoms with Crippen molar-refractivity contribution in [3.63, 3.8) is 0 Å². The second kappa shape index (κ2) is 12.5. The van der Waals surface area contributed by atoms with Crippen LogP contribution >= 0.6 is 35.0 Å². The number of nitrogens with zero attached hydrogens (tertiary/aromatic N) is 1. The molecule has 0 saturated carbocycles. The molecule has 0 fully saturated rings. The molecule has 0 aromatic heterocycles. The first kappa shape index (κ1) is 25.7. The number of amides is 2. The van der Waals surface area contributed by atoms with Crippen LogP contribution in [0.25, 0.3) is 0 Å². The molecule has 0 radical (unpaired) electrons. The van der Waals surface area contributed by atoms with E-state index in [1.54, 1.807) is 12.1 Å². The summed E-state index contributed by atoms with van der Waals surface area (Å²) >= 11 is 13.6. The van der Waals surface area contributed by atoms with E-state index in [1.165, 1.54) is 30.0 Å². The van der Waals surface area contributed by atoms with E-state index in [4.69, 9.17) is 33.7 Å². The summed E-state index contributed by atoms with van der Waals surface area (Å²) in [6, 6.07) is 7.38. The minimum atomic E-state index is -0.900. The molecular weight excluding hydrogens is 479 g/mol. The van der Waals surface area contributed by atoms with Crippen LogP contribution in [0.2, 0.25) is 10.0 Å². The van der Waals surface area contributed by atoms with Crippen molar-refractivity contribution in [3.05, 3.63) is 62.1 Å². The summed E-state index contributed by atoms with van der Waals surface area (Å²) in [6.07, 6.45) is 2.21. The van der Waals surface area contributed by atoms with E-state index in [0.717, 1.165) is 6.07 Å². The van der Waals surface area contributed by atoms with Gasteiger partial charge in [-0.15, -0.1) is 0 Å². The monoisotopic (exact) mass is 500 g/mol. The Morgan fingerprint density at radius 3 is 2.62 bits per heavy atom. The van der Waals surface area contributed by atoms with Crippen molar-refractivity contribution >= 4 is 58.2 Å². The highest BCUT2D eigenvalue weighted by Crippen LogP contribution is 2.27. The van der Waals surface area contributed by atoms with Crippen LogP contribution < -0.4 is 21.1 Å². The SMILES string of the molecule is CSCC[C@H](NC(=O)c1cc(Cl)ccc1OCCN)C(=O)Nc1ccc([N+](=O)[O-])cc1Cl. The number of halogens is 2. The Balaban J connectivity index is 2.21. The summed E-state index contributed by atoms with van der Waals surface area (Å²) in [6.45, 7) is 0.468. The van der Waals surface area contributed by atoms with E-state index in [1.807, 2.05) is 6.26 Å². The number of thioether (sulfide) groups is 1. The van der Waals surface area contributed by atoms with Gasteiger partial charge in [0.25, 0.3) is 11.6 Å². The molecule has 0 aliphatic heterocycles. The minimum Gasteiger partial charge on any atom is -0.491 e. The lowest BCUT2D eigenvalue weighted by Crippen LogP contribution is -2.44. The summed E-state index contributed by atoms with van der Waals surface area (Å²) in [5, 5.41) is 16.5. The number of nitro groups is 1. The Morgan fingerprint density at radius 2 is 2.00 bits per heavy atom. The Bertz CT molecular complexity index is 992. The van der Waals surface area contributed by atoms with Crippen LogP contribution in [0.3, 0.4) is 0 Å².